The van der Waals surface area contributed by atoms with Crippen LogP contribution in [0.2, 0.25) is 0 Å². The topological polar surface area (TPSA) is 3.24 Å². The molecule has 4 aliphatic rings. The number of fused-ring (bicyclic) bond motifs is 2. The van der Waals surface area contributed by atoms with Crippen molar-refractivity contribution in [1.82, 2.24) is 4.90 Å². The van der Waals surface area contributed by atoms with E-state index < -0.39 is 0 Å². The molecule has 0 saturated carbocycles. The van der Waals surface area contributed by atoms with Crippen molar-refractivity contribution in [2.24, 2.45) is 11.8 Å². The first-order valence-corrected chi connectivity index (χ1v) is 8.36. The molecule has 4 heterocycles. The van der Waals surface area contributed by atoms with Crippen molar-refractivity contribution in [2.45, 2.75) is 57.0 Å². The van der Waals surface area contributed by atoms with Gasteiger partial charge in [0.05, 0.1) is 26.2 Å². The monoisotopic (exact) mass is 249 g/mol. The molecule has 0 bridgehead atoms. The van der Waals surface area contributed by atoms with Crippen LogP contribution < -0.4 is 0 Å². The van der Waals surface area contributed by atoms with E-state index in [0.29, 0.717) is 0 Å². The van der Waals surface area contributed by atoms with Gasteiger partial charge in [-0.1, -0.05) is 0 Å². The van der Waals surface area contributed by atoms with Crippen molar-refractivity contribution in [3.63, 3.8) is 0 Å². The Morgan fingerprint density at radius 3 is 2.67 bits per heavy atom. The maximum Gasteiger partial charge on any atom is 0.0932 e. The van der Waals surface area contributed by atoms with Gasteiger partial charge in [0.25, 0.3) is 0 Å². The summed E-state index contributed by atoms with van der Waals surface area (Å²) in [7, 11) is 2.59. The maximum atomic E-state index is 2.89. The Hall–Kier alpha value is -0.0800. The van der Waals surface area contributed by atoms with Gasteiger partial charge in [-0.2, -0.15) is 0 Å². The molecule has 2 heteroatoms. The molecule has 0 spiro atoms. The van der Waals surface area contributed by atoms with Crippen LogP contribution in [0.25, 0.3) is 0 Å². The van der Waals surface area contributed by atoms with Crippen molar-refractivity contribution in [3.8, 4) is 0 Å². The molecule has 2 nitrogen and oxygen atoms in total. The Labute approximate surface area is 112 Å². The molecule has 0 aromatic heterocycles. The molecule has 0 radical (unpaired) electrons. The molecule has 18 heavy (non-hydrogen) atoms. The van der Waals surface area contributed by atoms with Crippen LogP contribution in [-0.2, 0) is 0 Å². The van der Waals surface area contributed by atoms with Gasteiger partial charge < -0.3 is 4.48 Å². The largest absolute Gasteiger partial charge is 0.323 e. The van der Waals surface area contributed by atoms with Crippen LogP contribution in [0.4, 0.5) is 0 Å². The molecule has 0 aromatic rings. The third-order valence-electron chi connectivity index (χ3n) is 6.71. The van der Waals surface area contributed by atoms with E-state index in [2.05, 4.69) is 11.9 Å². The highest BCUT2D eigenvalue weighted by Crippen LogP contribution is 2.47. The normalized spacial score (nSPS) is 52.5. The maximum absolute atomic E-state index is 2.89. The third-order valence-corrected chi connectivity index (χ3v) is 6.71. The molecule has 0 unspecified atom stereocenters. The van der Waals surface area contributed by atoms with Gasteiger partial charge in [0.2, 0.25) is 0 Å². The fourth-order valence-electron chi connectivity index (χ4n) is 6.12. The number of rotatable bonds is 0. The zero-order valence-electron chi connectivity index (χ0n) is 12.0. The predicted molar refractivity (Wildman–Crippen MR) is 74.4 cm³/mol. The molecular weight excluding hydrogens is 220 g/mol. The Balaban J connectivity index is 1.67. The summed E-state index contributed by atoms with van der Waals surface area (Å²) >= 11 is 0. The number of quaternary nitrogens is 1. The highest BCUT2D eigenvalue weighted by molar-refractivity contribution is 4.98. The van der Waals surface area contributed by atoms with E-state index in [9.17, 15) is 0 Å². The van der Waals surface area contributed by atoms with E-state index in [-0.39, 0.29) is 0 Å². The first kappa shape index (κ1) is 11.7. The average Bonchev–Trinajstić information content (AvgIpc) is 2.38. The fraction of sp³-hybridized carbons (Fsp3) is 1.00. The summed E-state index contributed by atoms with van der Waals surface area (Å²) in [5, 5.41) is 0. The molecule has 0 N–H and O–H groups in total. The Kier molecular flexibility index (Phi) is 2.74. The molecule has 0 aromatic carbocycles. The molecule has 4 fully saturated rings. The SMILES string of the molecule is C[N@+]12CCCC[C@@H]1[C@H]1CCCN3CCC[C@@H](C2)[C@@H]13. The lowest BCUT2D eigenvalue weighted by atomic mass is 9.67. The minimum Gasteiger partial charge on any atom is -0.323 e. The predicted octanol–water partition coefficient (Wildman–Crippen LogP) is 2.49. The summed E-state index contributed by atoms with van der Waals surface area (Å²) in [5.41, 5.74) is 0. The minimum atomic E-state index is 0.988. The van der Waals surface area contributed by atoms with Crippen LogP contribution in [0, 0.1) is 11.8 Å². The quantitative estimate of drug-likeness (QED) is 0.596. The van der Waals surface area contributed by atoms with E-state index in [4.69, 9.17) is 0 Å². The second-order valence-electron chi connectivity index (χ2n) is 7.68. The molecule has 4 saturated heterocycles. The Bertz CT molecular complexity index is 325. The lowest BCUT2D eigenvalue weighted by molar-refractivity contribution is -0.952. The van der Waals surface area contributed by atoms with Crippen molar-refractivity contribution < 1.29 is 4.48 Å². The van der Waals surface area contributed by atoms with Crippen LogP contribution in [0.15, 0.2) is 0 Å². The molecule has 102 valence electrons. The number of hydrogen-bond acceptors (Lipinski definition) is 1. The summed E-state index contributed by atoms with van der Waals surface area (Å²) in [6, 6.07) is 2.00. The van der Waals surface area contributed by atoms with Crippen molar-refractivity contribution >= 4 is 0 Å². The number of nitrogens with zero attached hydrogens (tertiary/aromatic N) is 2. The average molecular weight is 249 g/mol. The summed E-state index contributed by atoms with van der Waals surface area (Å²) in [6.45, 7) is 5.80. The molecule has 4 rings (SSSR count). The summed E-state index contributed by atoms with van der Waals surface area (Å²) in [5.74, 6) is 2.08. The van der Waals surface area contributed by atoms with Gasteiger partial charge in [-0.05, 0) is 58.0 Å². The van der Waals surface area contributed by atoms with Gasteiger partial charge in [-0.3, -0.25) is 4.90 Å². The van der Waals surface area contributed by atoms with E-state index in [1.54, 1.807) is 0 Å². The standard InChI is InChI=1S/C16H29N2/c1-18-11-3-2-8-15(18)14-7-5-10-17-9-4-6-13(12-18)16(14)17/h13-16H,2-12H2,1H3/q+1/t13-,14+,15+,16-,18+/m0/s1. The van der Waals surface area contributed by atoms with Gasteiger partial charge in [-0.15, -0.1) is 0 Å². The summed E-state index contributed by atoms with van der Waals surface area (Å²) < 4.78 is 1.44. The van der Waals surface area contributed by atoms with Gasteiger partial charge in [0.15, 0.2) is 0 Å². The van der Waals surface area contributed by atoms with Crippen LogP contribution in [0.5, 0.6) is 0 Å². The Morgan fingerprint density at radius 1 is 0.944 bits per heavy atom. The zero-order chi connectivity index (χ0) is 12.2. The summed E-state index contributed by atoms with van der Waals surface area (Å²) in [6.07, 6.45) is 10.5. The molecule has 5 atom stereocenters. The number of piperidine rings is 4. The van der Waals surface area contributed by atoms with Gasteiger partial charge >= 0.3 is 0 Å². The lowest BCUT2D eigenvalue weighted by Gasteiger charge is -2.61. The first-order valence-electron chi connectivity index (χ1n) is 8.36. The van der Waals surface area contributed by atoms with E-state index >= 15 is 0 Å². The Morgan fingerprint density at radius 2 is 1.78 bits per heavy atom. The highest BCUT2D eigenvalue weighted by atomic mass is 15.4. The fourth-order valence-corrected chi connectivity index (χ4v) is 6.12. The molecular formula is C16H29N2+. The van der Waals surface area contributed by atoms with Crippen LogP contribution >= 0.6 is 0 Å². The highest BCUT2D eigenvalue weighted by Gasteiger charge is 2.55. The van der Waals surface area contributed by atoms with Gasteiger partial charge in [-0.25, -0.2) is 0 Å². The minimum absolute atomic E-state index is 0.988. The number of hydrogen-bond donors (Lipinski definition) is 0. The van der Waals surface area contributed by atoms with E-state index in [0.717, 1.165) is 23.9 Å². The van der Waals surface area contributed by atoms with Gasteiger partial charge in [0, 0.05) is 17.9 Å². The second-order valence-corrected chi connectivity index (χ2v) is 7.68. The van der Waals surface area contributed by atoms with Crippen molar-refractivity contribution in [2.75, 3.05) is 33.2 Å². The van der Waals surface area contributed by atoms with Crippen molar-refractivity contribution in [3.05, 3.63) is 0 Å². The van der Waals surface area contributed by atoms with Gasteiger partial charge in [0.1, 0.15) is 0 Å². The van der Waals surface area contributed by atoms with Crippen LogP contribution in [0.3, 0.4) is 0 Å². The smallest absolute Gasteiger partial charge is 0.0932 e. The van der Waals surface area contributed by atoms with Crippen molar-refractivity contribution in [1.29, 1.82) is 0 Å². The summed E-state index contributed by atoms with van der Waals surface area (Å²) in [4.78, 5) is 2.89. The molecule has 0 amide bonds. The van der Waals surface area contributed by atoms with Crippen LogP contribution in [-0.4, -0.2) is 54.7 Å². The van der Waals surface area contributed by atoms with E-state index in [1.165, 1.54) is 75.6 Å². The zero-order valence-corrected chi connectivity index (χ0v) is 12.0. The molecule has 0 aliphatic carbocycles. The lowest BCUT2D eigenvalue weighted by Crippen LogP contribution is -2.71. The van der Waals surface area contributed by atoms with Crippen LogP contribution in [0.1, 0.15) is 44.9 Å². The first-order chi connectivity index (χ1) is 8.78. The molecule has 4 aliphatic heterocycles. The third kappa shape index (κ3) is 1.61. The second kappa shape index (κ2) is 4.21. The van der Waals surface area contributed by atoms with E-state index in [1.807, 2.05) is 0 Å².